The number of nitrogens with two attached hydrogens (primary N) is 1. The average Bonchev–Trinajstić information content (AvgIpc) is 2.67. The van der Waals surface area contributed by atoms with Crippen LogP contribution in [0.25, 0.3) is 0 Å². The highest BCUT2D eigenvalue weighted by molar-refractivity contribution is 6.05. The maximum Gasteiger partial charge on any atom is 0.333 e. The van der Waals surface area contributed by atoms with Gasteiger partial charge in [-0.3, -0.25) is 4.90 Å². The van der Waals surface area contributed by atoms with Gasteiger partial charge in [0.2, 0.25) is 0 Å². The number of hydrogen-bond acceptors (Lipinski definition) is 3. The van der Waals surface area contributed by atoms with E-state index in [2.05, 4.69) is 0 Å². The Bertz CT molecular complexity index is 502. The van der Waals surface area contributed by atoms with Crippen molar-refractivity contribution in [2.75, 3.05) is 18.1 Å². The van der Waals surface area contributed by atoms with E-state index < -0.39 is 6.03 Å². The number of anilines is 1. The Hall–Kier alpha value is -2.24. The van der Waals surface area contributed by atoms with Crippen LogP contribution in [-0.2, 0) is 0 Å². The van der Waals surface area contributed by atoms with Crippen molar-refractivity contribution in [2.24, 2.45) is 5.73 Å². The van der Waals surface area contributed by atoms with Crippen LogP contribution in [-0.4, -0.2) is 36.2 Å². The van der Waals surface area contributed by atoms with Crippen LogP contribution in [0.2, 0.25) is 0 Å². The van der Waals surface area contributed by atoms with Crippen molar-refractivity contribution < 1.29 is 14.3 Å². The summed E-state index contributed by atoms with van der Waals surface area (Å²) in [6.45, 7) is 0.662. The van der Waals surface area contributed by atoms with Gasteiger partial charge in [-0.1, -0.05) is 12.1 Å². The van der Waals surface area contributed by atoms with Crippen molar-refractivity contribution in [2.45, 2.75) is 6.04 Å². The van der Waals surface area contributed by atoms with Gasteiger partial charge in [-0.2, -0.15) is 0 Å². The van der Waals surface area contributed by atoms with Gasteiger partial charge in [-0.25, -0.2) is 14.5 Å². The van der Waals surface area contributed by atoms with Crippen LogP contribution in [0.4, 0.5) is 15.3 Å². The zero-order chi connectivity index (χ0) is 12.0. The van der Waals surface area contributed by atoms with Gasteiger partial charge in [-0.05, 0) is 12.1 Å². The largest absolute Gasteiger partial charge is 0.489 e. The summed E-state index contributed by atoms with van der Waals surface area (Å²) >= 11 is 0. The fourth-order valence-corrected chi connectivity index (χ4v) is 2.23. The molecule has 4 amide bonds. The number of fused-ring (bicyclic) bond motifs is 3. The van der Waals surface area contributed by atoms with E-state index in [-0.39, 0.29) is 18.6 Å². The standard InChI is InChI=1S/C11H11N3O3/c12-10(15)13-5-7-6-17-9-4-2-1-3-8(9)14(7)11(13)16/h1-4,7H,5-6H2,(H2,12,15). The van der Waals surface area contributed by atoms with Crippen molar-refractivity contribution >= 4 is 17.7 Å². The molecule has 2 heterocycles. The molecule has 0 aliphatic carbocycles. The van der Waals surface area contributed by atoms with E-state index >= 15 is 0 Å². The number of ether oxygens (including phenoxy) is 1. The van der Waals surface area contributed by atoms with E-state index in [1.54, 1.807) is 17.0 Å². The van der Waals surface area contributed by atoms with Gasteiger partial charge in [-0.15, -0.1) is 0 Å². The minimum atomic E-state index is -0.720. The van der Waals surface area contributed by atoms with E-state index in [4.69, 9.17) is 10.5 Å². The lowest BCUT2D eigenvalue weighted by molar-refractivity contribution is 0.206. The zero-order valence-corrected chi connectivity index (χ0v) is 9.00. The number of imide groups is 1. The number of nitrogens with zero attached hydrogens (tertiary/aromatic N) is 2. The summed E-state index contributed by atoms with van der Waals surface area (Å²) in [6.07, 6.45) is 0. The predicted octanol–water partition coefficient (Wildman–Crippen LogP) is 0.768. The van der Waals surface area contributed by atoms with E-state index in [1.165, 1.54) is 0 Å². The summed E-state index contributed by atoms with van der Waals surface area (Å²) < 4.78 is 5.54. The molecule has 3 rings (SSSR count). The summed E-state index contributed by atoms with van der Waals surface area (Å²) in [4.78, 5) is 25.8. The topological polar surface area (TPSA) is 75.9 Å². The number of urea groups is 2. The van der Waals surface area contributed by atoms with Crippen LogP contribution in [0.3, 0.4) is 0 Å². The molecule has 0 bridgehead atoms. The van der Waals surface area contributed by atoms with Crippen molar-refractivity contribution in [3.63, 3.8) is 0 Å². The van der Waals surface area contributed by atoms with E-state index in [1.807, 2.05) is 12.1 Å². The zero-order valence-electron chi connectivity index (χ0n) is 9.00. The van der Waals surface area contributed by atoms with Crippen LogP contribution in [0.1, 0.15) is 0 Å². The van der Waals surface area contributed by atoms with Crippen molar-refractivity contribution in [3.05, 3.63) is 24.3 Å². The Kier molecular flexibility index (Phi) is 1.98. The molecule has 0 spiro atoms. The summed E-state index contributed by atoms with van der Waals surface area (Å²) in [6, 6.07) is 6.01. The van der Waals surface area contributed by atoms with Crippen LogP contribution in [0.5, 0.6) is 5.75 Å². The maximum absolute atomic E-state index is 12.0. The van der Waals surface area contributed by atoms with Gasteiger partial charge >= 0.3 is 12.1 Å². The molecular weight excluding hydrogens is 222 g/mol. The van der Waals surface area contributed by atoms with Crippen LogP contribution >= 0.6 is 0 Å². The first-order valence-electron chi connectivity index (χ1n) is 5.30. The molecule has 0 saturated carbocycles. The molecule has 6 heteroatoms. The number of hydrogen-bond donors (Lipinski definition) is 1. The molecular formula is C11H11N3O3. The first-order valence-corrected chi connectivity index (χ1v) is 5.30. The molecule has 2 aliphatic heterocycles. The molecule has 2 aliphatic rings. The normalized spacial score (nSPS) is 21.9. The SMILES string of the molecule is NC(=O)N1CC2COc3ccccc3N2C1=O. The van der Waals surface area contributed by atoms with Gasteiger partial charge in [0.25, 0.3) is 0 Å². The molecule has 88 valence electrons. The third-order valence-electron chi connectivity index (χ3n) is 3.02. The minimum Gasteiger partial charge on any atom is -0.489 e. The Morgan fingerprint density at radius 1 is 1.41 bits per heavy atom. The van der Waals surface area contributed by atoms with Gasteiger partial charge in [0.15, 0.2) is 0 Å². The van der Waals surface area contributed by atoms with Crippen molar-refractivity contribution in [1.82, 2.24) is 4.90 Å². The number of benzene rings is 1. The molecule has 17 heavy (non-hydrogen) atoms. The number of rotatable bonds is 0. The van der Waals surface area contributed by atoms with Gasteiger partial charge in [0.1, 0.15) is 12.4 Å². The number of carbonyl (C=O) groups is 2. The van der Waals surface area contributed by atoms with Crippen LogP contribution in [0, 0.1) is 0 Å². The number of primary amides is 1. The van der Waals surface area contributed by atoms with E-state index in [9.17, 15) is 9.59 Å². The number of para-hydroxylation sites is 2. The lowest BCUT2D eigenvalue weighted by Gasteiger charge is -2.30. The van der Waals surface area contributed by atoms with Crippen LogP contribution in [0.15, 0.2) is 24.3 Å². The smallest absolute Gasteiger partial charge is 0.333 e. The second-order valence-electron chi connectivity index (χ2n) is 4.03. The average molecular weight is 233 g/mol. The van der Waals surface area contributed by atoms with Crippen molar-refractivity contribution in [3.8, 4) is 5.75 Å². The summed E-state index contributed by atoms with van der Waals surface area (Å²) in [5.41, 5.74) is 5.85. The number of carbonyl (C=O) groups excluding carboxylic acids is 2. The lowest BCUT2D eigenvalue weighted by atomic mass is 10.2. The molecule has 1 fully saturated rings. The quantitative estimate of drug-likeness (QED) is 0.719. The highest BCUT2D eigenvalue weighted by Crippen LogP contribution is 2.36. The minimum absolute atomic E-state index is 0.148. The summed E-state index contributed by atoms with van der Waals surface area (Å²) in [5.74, 6) is 0.656. The molecule has 1 aromatic carbocycles. The molecule has 1 aromatic rings. The van der Waals surface area contributed by atoms with E-state index in [0.29, 0.717) is 18.0 Å². The third kappa shape index (κ3) is 1.33. The summed E-state index contributed by atoms with van der Waals surface area (Å²) in [5, 5.41) is 0. The molecule has 6 nitrogen and oxygen atoms in total. The molecule has 1 unspecified atom stereocenters. The number of amides is 4. The Balaban J connectivity index is 2.03. The maximum atomic E-state index is 12.0. The monoisotopic (exact) mass is 233 g/mol. The van der Waals surface area contributed by atoms with E-state index in [0.717, 1.165) is 4.90 Å². The fourth-order valence-electron chi connectivity index (χ4n) is 2.23. The Morgan fingerprint density at radius 3 is 2.94 bits per heavy atom. The molecule has 1 atom stereocenters. The first-order chi connectivity index (χ1) is 8.18. The first kappa shape index (κ1) is 9.95. The Labute approximate surface area is 97.5 Å². The summed E-state index contributed by atoms with van der Waals surface area (Å²) in [7, 11) is 0. The van der Waals surface area contributed by atoms with Crippen molar-refractivity contribution in [1.29, 1.82) is 0 Å². The fraction of sp³-hybridized carbons (Fsp3) is 0.273. The van der Waals surface area contributed by atoms with Crippen LogP contribution < -0.4 is 15.4 Å². The molecule has 2 N–H and O–H groups in total. The van der Waals surface area contributed by atoms with Gasteiger partial charge < -0.3 is 10.5 Å². The second kappa shape index (κ2) is 3.38. The highest BCUT2D eigenvalue weighted by Gasteiger charge is 2.44. The highest BCUT2D eigenvalue weighted by atomic mass is 16.5. The predicted molar refractivity (Wildman–Crippen MR) is 59.9 cm³/mol. The lowest BCUT2D eigenvalue weighted by Crippen LogP contribution is -2.42. The Morgan fingerprint density at radius 2 is 2.18 bits per heavy atom. The molecule has 0 radical (unpaired) electrons. The second-order valence-corrected chi connectivity index (χ2v) is 4.03. The van der Waals surface area contributed by atoms with Gasteiger partial charge in [0.05, 0.1) is 18.3 Å². The molecule has 0 aromatic heterocycles. The molecule has 1 saturated heterocycles. The van der Waals surface area contributed by atoms with Gasteiger partial charge in [0, 0.05) is 0 Å². The third-order valence-corrected chi connectivity index (χ3v) is 3.02.